The Morgan fingerprint density at radius 2 is 1.95 bits per heavy atom. The number of nitrogens with zero attached hydrogens (tertiary/aromatic N) is 2. The number of benzene rings is 1. The minimum atomic E-state index is -0.0865. The second-order valence-electron chi connectivity index (χ2n) is 5.37. The smallest absolute Gasteiger partial charge is 0.128 e. The van der Waals surface area contributed by atoms with Crippen LogP contribution in [0.1, 0.15) is 11.3 Å². The highest BCUT2D eigenvalue weighted by molar-refractivity contribution is 5.82. The number of fused-ring (bicyclic) bond motifs is 1. The van der Waals surface area contributed by atoms with E-state index in [4.69, 9.17) is 0 Å². The third-order valence-electron chi connectivity index (χ3n) is 4.05. The summed E-state index contributed by atoms with van der Waals surface area (Å²) in [5, 5.41) is 4.31. The molecule has 1 aliphatic rings. The van der Waals surface area contributed by atoms with Crippen LogP contribution in [0.3, 0.4) is 0 Å². The quantitative estimate of drug-likeness (QED) is 0.892. The minimum Gasteiger partial charge on any atom is -0.348 e. The van der Waals surface area contributed by atoms with E-state index >= 15 is 0 Å². The van der Waals surface area contributed by atoms with Gasteiger partial charge in [0.2, 0.25) is 0 Å². The Balaban J connectivity index is 1.93. The van der Waals surface area contributed by atoms with Crippen LogP contribution in [0.5, 0.6) is 0 Å². The van der Waals surface area contributed by atoms with Gasteiger partial charge in [-0.05, 0) is 25.1 Å². The number of hydrogen-bond acceptors (Lipinski definition) is 2. The standard InChI is InChI=1S/C15H20FN3/c1-11-7-12-8-14(16)13(9-15(12)18(11)2)10-19-5-3-17-4-6-19/h7-9,17H,3-6,10H2,1-2H3. The van der Waals surface area contributed by atoms with Gasteiger partial charge < -0.3 is 9.88 Å². The molecule has 1 aromatic heterocycles. The molecular weight excluding hydrogens is 241 g/mol. The average molecular weight is 261 g/mol. The normalized spacial score (nSPS) is 17.2. The van der Waals surface area contributed by atoms with Crippen LogP contribution in [0.2, 0.25) is 0 Å². The van der Waals surface area contributed by atoms with Crippen molar-refractivity contribution in [2.24, 2.45) is 7.05 Å². The molecule has 2 aromatic rings. The lowest BCUT2D eigenvalue weighted by molar-refractivity contribution is 0.230. The highest BCUT2D eigenvalue weighted by atomic mass is 19.1. The molecule has 1 aliphatic heterocycles. The molecule has 102 valence electrons. The van der Waals surface area contributed by atoms with Gasteiger partial charge in [-0.3, -0.25) is 4.90 Å². The van der Waals surface area contributed by atoms with Crippen LogP contribution in [0.4, 0.5) is 4.39 Å². The zero-order chi connectivity index (χ0) is 13.4. The summed E-state index contributed by atoms with van der Waals surface area (Å²) < 4.78 is 16.3. The molecule has 0 saturated carbocycles. The Kier molecular flexibility index (Phi) is 3.29. The van der Waals surface area contributed by atoms with Crippen molar-refractivity contribution in [3.05, 3.63) is 35.3 Å². The van der Waals surface area contributed by atoms with Crippen LogP contribution in [-0.2, 0) is 13.6 Å². The van der Waals surface area contributed by atoms with Crippen molar-refractivity contribution in [3.63, 3.8) is 0 Å². The van der Waals surface area contributed by atoms with Crippen molar-refractivity contribution in [1.29, 1.82) is 0 Å². The molecule has 4 heteroatoms. The second-order valence-corrected chi connectivity index (χ2v) is 5.37. The molecule has 1 fully saturated rings. The summed E-state index contributed by atoms with van der Waals surface area (Å²) in [4.78, 5) is 2.30. The van der Waals surface area contributed by atoms with Crippen LogP contribution in [0.25, 0.3) is 10.9 Å². The summed E-state index contributed by atoms with van der Waals surface area (Å²) in [6.07, 6.45) is 0. The third-order valence-corrected chi connectivity index (χ3v) is 4.05. The van der Waals surface area contributed by atoms with Crippen LogP contribution in [0, 0.1) is 12.7 Å². The number of piperazine rings is 1. The molecule has 0 bridgehead atoms. The first-order valence-electron chi connectivity index (χ1n) is 6.82. The molecular formula is C15H20FN3. The molecule has 1 N–H and O–H groups in total. The van der Waals surface area contributed by atoms with Gasteiger partial charge in [0.05, 0.1) is 0 Å². The fraction of sp³-hybridized carbons (Fsp3) is 0.467. The Hall–Kier alpha value is -1.39. The third kappa shape index (κ3) is 2.38. The summed E-state index contributed by atoms with van der Waals surface area (Å²) in [6.45, 7) is 6.72. The lowest BCUT2D eigenvalue weighted by atomic mass is 10.1. The van der Waals surface area contributed by atoms with Gasteiger partial charge in [0.1, 0.15) is 5.82 Å². The first-order chi connectivity index (χ1) is 9.15. The maximum absolute atomic E-state index is 14.2. The molecule has 0 aliphatic carbocycles. The van der Waals surface area contributed by atoms with Crippen molar-refractivity contribution < 1.29 is 4.39 Å². The highest BCUT2D eigenvalue weighted by Crippen LogP contribution is 2.23. The van der Waals surface area contributed by atoms with Crippen molar-refractivity contribution >= 4 is 10.9 Å². The van der Waals surface area contributed by atoms with Gasteiger partial charge in [0.25, 0.3) is 0 Å². The van der Waals surface area contributed by atoms with Crippen LogP contribution in [-0.4, -0.2) is 35.6 Å². The lowest BCUT2D eigenvalue weighted by Gasteiger charge is -2.27. The van der Waals surface area contributed by atoms with E-state index in [1.807, 2.05) is 26.1 Å². The molecule has 3 rings (SSSR count). The summed E-state index contributed by atoms with van der Waals surface area (Å²) >= 11 is 0. The molecule has 3 nitrogen and oxygen atoms in total. The fourth-order valence-corrected chi connectivity index (χ4v) is 2.77. The van der Waals surface area contributed by atoms with Gasteiger partial charge in [0, 0.05) is 61.9 Å². The van der Waals surface area contributed by atoms with Gasteiger partial charge in [0.15, 0.2) is 0 Å². The Morgan fingerprint density at radius 3 is 2.68 bits per heavy atom. The topological polar surface area (TPSA) is 20.2 Å². The number of hydrogen-bond donors (Lipinski definition) is 1. The number of halogens is 1. The first-order valence-corrected chi connectivity index (χ1v) is 6.82. The maximum atomic E-state index is 14.2. The fourth-order valence-electron chi connectivity index (χ4n) is 2.77. The summed E-state index contributed by atoms with van der Waals surface area (Å²) in [5.41, 5.74) is 3.08. The van der Waals surface area contributed by atoms with Crippen molar-refractivity contribution in [2.45, 2.75) is 13.5 Å². The first kappa shape index (κ1) is 12.6. The molecule has 0 spiro atoms. The predicted octanol–water partition coefficient (Wildman–Crippen LogP) is 2.03. The summed E-state index contributed by atoms with van der Waals surface area (Å²) in [6, 6.07) is 5.70. The molecule has 19 heavy (non-hydrogen) atoms. The van der Waals surface area contributed by atoms with E-state index in [1.54, 1.807) is 6.07 Å². The average Bonchev–Trinajstić information content (AvgIpc) is 2.67. The molecule has 2 heterocycles. The minimum absolute atomic E-state index is 0.0865. The molecule has 0 amide bonds. The monoisotopic (exact) mass is 261 g/mol. The number of aryl methyl sites for hydroxylation is 2. The van der Waals surface area contributed by atoms with E-state index in [-0.39, 0.29) is 5.82 Å². The van der Waals surface area contributed by atoms with Gasteiger partial charge in [-0.2, -0.15) is 0 Å². The summed E-state index contributed by atoms with van der Waals surface area (Å²) in [7, 11) is 2.03. The van der Waals surface area contributed by atoms with Crippen molar-refractivity contribution in [1.82, 2.24) is 14.8 Å². The highest BCUT2D eigenvalue weighted by Gasteiger charge is 2.14. The molecule has 1 aromatic carbocycles. The van der Waals surface area contributed by atoms with Gasteiger partial charge in [-0.25, -0.2) is 4.39 Å². The Morgan fingerprint density at radius 1 is 1.21 bits per heavy atom. The number of rotatable bonds is 2. The SMILES string of the molecule is Cc1cc2cc(F)c(CN3CCNCC3)cc2n1C. The predicted molar refractivity (Wildman–Crippen MR) is 75.8 cm³/mol. The van der Waals surface area contributed by atoms with E-state index in [0.29, 0.717) is 6.54 Å². The van der Waals surface area contributed by atoms with Crippen molar-refractivity contribution in [3.8, 4) is 0 Å². The van der Waals surface area contributed by atoms with E-state index < -0.39 is 0 Å². The Labute approximate surface area is 113 Å². The van der Waals surface area contributed by atoms with Crippen LogP contribution < -0.4 is 5.32 Å². The van der Waals surface area contributed by atoms with E-state index in [9.17, 15) is 4.39 Å². The zero-order valence-electron chi connectivity index (χ0n) is 11.5. The lowest BCUT2D eigenvalue weighted by Crippen LogP contribution is -2.43. The van der Waals surface area contributed by atoms with Crippen molar-refractivity contribution in [2.75, 3.05) is 26.2 Å². The van der Waals surface area contributed by atoms with E-state index in [2.05, 4.69) is 14.8 Å². The van der Waals surface area contributed by atoms with Crippen LogP contribution in [0.15, 0.2) is 18.2 Å². The molecule has 0 radical (unpaired) electrons. The van der Waals surface area contributed by atoms with Gasteiger partial charge in [-0.15, -0.1) is 0 Å². The maximum Gasteiger partial charge on any atom is 0.128 e. The van der Waals surface area contributed by atoms with Gasteiger partial charge >= 0.3 is 0 Å². The summed E-state index contributed by atoms with van der Waals surface area (Å²) in [5.74, 6) is -0.0865. The molecule has 0 atom stereocenters. The van der Waals surface area contributed by atoms with Crippen LogP contribution >= 0.6 is 0 Å². The Bertz CT molecular complexity index is 597. The molecule has 1 saturated heterocycles. The number of aromatic nitrogens is 1. The van der Waals surface area contributed by atoms with Gasteiger partial charge in [-0.1, -0.05) is 0 Å². The number of nitrogens with one attached hydrogen (secondary N) is 1. The largest absolute Gasteiger partial charge is 0.348 e. The molecule has 0 unspecified atom stereocenters. The second kappa shape index (κ2) is 4.94. The van der Waals surface area contributed by atoms with E-state index in [0.717, 1.165) is 48.3 Å². The van der Waals surface area contributed by atoms with E-state index in [1.165, 1.54) is 0 Å². The zero-order valence-corrected chi connectivity index (χ0v) is 11.5.